The number of piperidine rings is 1. The monoisotopic (exact) mass is 411 g/mol. The maximum absolute atomic E-state index is 12.8. The first kappa shape index (κ1) is 20.4. The zero-order chi connectivity index (χ0) is 20.8. The molecule has 0 aliphatic carbocycles. The third-order valence-corrected chi connectivity index (χ3v) is 5.78. The molecule has 2 aliphatic rings. The van der Waals surface area contributed by atoms with Gasteiger partial charge in [-0.15, -0.1) is 0 Å². The van der Waals surface area contributed by atoms with Gasteiger partial charge in [0.05, 0.1) is 25.5 Å². The topological polar surface area (TPSA) is 71.0 Å². The molecule has 0 N–H and O–H groups in total. The minimum absolute atomic E-state index is 0.137. The van der Waals surface area contributed by atoms with Crippen molar-refractivity contribution in [3.8, 4) is 11.6 Å². The van der Waals surface area contributed by atoms with E-state index in [2.05, 4.69) is 25.8 Å². The van der Waals surface area contributed by atoms with Crippen LogP contribution in [0.1, 0.15) is 12.8 Å². The molecule has 2 aromatic rings. The molecule has 0 atom stereocenters. The van der Waals surface area contributed by atoms with E-state index in [0.717, 1.165) is 63.5 Å². The van der Waals surface area contributed by atoms with Crippen LogP contribution < -0.4 is 14.4 Å². The lowest BCUT2D eigenvalue weighted by molar-refractivity contribution is -0.133. The second kappa shape index (κ2) is 9.75. The normalized spacial score (nSPS) is 18.3. The van der Waals surface area contributed by atoms with E-state index in [1.807, 2.05) is 23.1 Å². The highest BCUT2D eigenvalue weighted by atomic mass is 16.5. The van der Waals surface area contributed by atoms with Crippen molar-refractivity contribution >= 4 is 11.6 Å². The van der Waals surface area contributed by atoms with Gasteiger partial charge in [-0.3, -0.25) is 14.7 Å². The highest BCUT2D eigenvalue weighted by molar-refractivity contribution is 5.78. The Morgan fingerprint density at radius 1 is 1.07 bits per heavy atom. The Kier molecular flexibility index (Phi) is 6.63. The Bertz CT molecular complexity index is 819. The molecule has 0 spiro atoms. The smallest absolute Gasteiger partial charge is 0.236 e. The van der Waals surface area contributed by atoms with Gasteiger partial charge < -0.3 is 19.3 Å². The fourth-order valence-corrected chi connectivity index (χ4v) is 4.08. The van der Waals surface area contributed by atoms with Crippen LogP contribution in [0, 0.1) is 0 Å². The van der Waals surface area contributed by atoms with Gasteiger partial charge in [0.15, 0.2) is 0 Å². The van der Waals surface area contributed by atoms with Crippen molar-refractivity contribution in [1.82, 2.24) is 19.8 Å². The van der Waals surface area contributed by atoms with Crippen molar-refractivity contribution in [1.29, 1.82) is 0 Å². The molecular formula is C22H29N5O3. The molecule has 30 heavy (non-hydrogen) atoms. The van der Waals surface area contributed by atoms with Crippen molar-refractivity contribution in [2.75, 3.05) is 57.8 Å². The number of carbonyl (C=O) groups is 1. The lowest BCUT2D eigenvalue weighted by Crippen LogP contribution is -2.52. The molecule has 0 radical (unpaired) electrons. The SMILES string of the molecule is COc1ccccc1N1CCN(C(=O)CN2CCC(Oc3cnccn3)CC2)CC1. The van der Waals surface area contributed by atoms with Crippen LogP contribution in [0.15, 0.2) is 42.9 Å². The van der Waals surface area contributed by atoms with Gasteiger partial charge in [0, 0.05) is 51.7 Å². The molecule has 8 nitrogen and oxygen atoms in total. The average molecular weight is 412 g/mol. The number of rotatable bonds is 6. The molecule has 160 valence electrons. The molecule has 0 unspecified atom stereocenters. The van der Waals surface area contributed by atoms with Crippen molar-refractivity contribution < 1.29 is 14.3 Å². The number of carbonyl (C=O) groups excluding carboxylic acids is 1. The summed E-state index contributed by atoms with van der Waals surface area (Å²) < 4.78 is 11.4. The number of hydrogen-bond acceptors (Lipinski definition) is 7. The summed E-state index contributed by atoms with van der Waals surface area (Å²) in [4.78, 5) is 27.5. The Morgan fingerprint density at radius 2 is 1.83 bits per heavy atom. The summed E-state index contributed by atoms with van der Waals surface area (Å²) in [5.74, 6) is 1.66. The highest BCUT2D eigenvalue weighted by Gasteiger charge is 2.27. The lowest BCUT2D eigenvalue weighted by atomic mass is 10.1. The summed E-state index contributed by atoms with van der Waals surface area (Å²) in [5.41, 5.74) is 1.09. The Labute approximate surface area is 177 Å². The van der Waals surface area contributed by atoms with E-state index >= 15 is 0 Å². The van der Waals surface area contributed by atoms with Crippen LogP contribution in [0.25, 0.3) is 0 Å². The van der Waals surface area contributed by atoms with E-state index in [0.29, 0.717) is 12.4 Å². The number of amides is 1. The molecule has 8 heteroatoms. The minimum Gasteiger partial charge on any atom is -0.495 e. The summed E-state index contributed by atoms with van der Waals surface area (Å²) >= 11 is 0. The molecule has 2 aliphatic heterocycles. The number of aromatic nitrogens is 2. The van der Waals surface area contributed by atoms with Gasteiger partial charge in [0.1, 0.15) is 11.9 Å². The maximum atomic E-state index is 12.8. The van der Waals surface area contributed by atoms with Crippen LogP contribution in [0.5, 0.6) is 11.6 Å². The fraction of sp³-hybridized carbons (Fsp3) is 0.500. The van der Waals surface area contributed by atoms with Gasteiger partial charge in [-0.2, -0.15) is 0 Å². The molecule has 0 saturated carbocycles. The minimum atomic E-state index is 0.137. The molecule has 1 amide bonds. The van der Waals surface area contributed by atoms with Crippen LogP contribution >= 0.6 is 0 Å². The van der Waals surface area contributed by atoms with Crippen molar-refractivity contribution in [3.63, 3.8) is 0 Å². The Balaban J connectivity index is 1.21. The van der Waals surface area contributed by atoms with Crippen molar-refractivity contribution in [2.24, 2.45) is 0 Å². The number of piperazine rings is 1. The van der Waals surface area contributed by atoms with Gasteiger partial charge in [0.2, 0.25) is 11.8 Å². The van der Waals surface area contributed by atoms with Crippen molar-refractivity contribution in [3.05, 3.63) is 42.9 Å². The number of anilines is 1. The maximum Gasteiger partial charge on any atom is 0.236 e. The van der Waals surface area contributed by atoms with E-state index in [1.165, 1.54) is 0 Å². The van der Waals surface area contributed by atoms with Crippen LogP contribution in [-0.2, 0) is 4.79 Å². The largest absolute Gasteiger partial charge is 0.495 e. The second-order valence-electron chi connectivity index (χ2n) is 7.68. The van der Waals surface area contributed by atoms with Crippen LogP contribution in [0.4, 0.5) is 5.69 Å². The van der Waals surface area contributed by atoms with Crippen molar-refractivity contribution in [2.45, 2.75) is 18.9 Å². The van der Waals surface area contributed by atoms with E-state index in [-0.39, 0.29) is 12.0 Å². The zero-order valence-corrected chi connectivity index (χ0v) is 17.4. The quantitative estimate of drug-likeness (QED) is 0.716. The second-order valence-corrected chi connectivity index (χ2v) is 7.68. The predicted octanol–water partition coefficient (Wildman–Crippen LogP) is 1.68. The van der Waals surface area contributed by atoms with Gasteiger partial charge in [-0.25, -0.2) is 4.98 Å². The van der Waals surface area contributed by atoms with E-state index in [4.69, 9.17) is 9.47 Å². The third-order valence-electron chi connectivity index (χ3n) is 5.78. The van der Waals surface area contributed by atoms with Gasteiger partial charge >= 0.3 is 0 Å². The first-order valence-electron chi connectivity index (χ1n) is 10.5. The van der Waals surface area contributed by atoms with E-state index in [1.54, 1.807) is 25.7 Å². The van der Waals surface area contributed by atoms with Gasteiger partial charge in [-0.1, -0.05) is 12.1 Å². The fourth-order valence-electron chi connectivity index (χ4n) is 4.08. The molecule has 1 aromatic heterocycles. The van der Waals surface area contributed by atoms with Crippen LogP contribution in [0.3, 0.4) is 0 Å². The van der Waals surface area contributed by atoms with Crippen LogP contribution in [-0.4, -0.2) is 84.7 Å². The molecule has 2 saturated heterocycles. The number of hydrogen-bond donors (Lipinski definition) is 0. The number of likely N-dealkylation sites (tertiary alicyclic amines) is 1. The number of methoxy groups -OCH3 is 1. The number of para-hydroxylation sites is 2. The molecular weight excluding hydrogens is 382 g/mol. The number of nitrogens with zero attached hydrogens (tertiary/aromatic N) is 5. The van der Waals surface area contributed by atoms with Gasteiger partial charge in [0.25, 0.3) is 0 Å². The molecule has 2 fully saturated rings. The predicted molar refractivity (Wildman–Crippen MR) is 114 cm³/mol. The first-order chi connectivity index (χ1) is 14.7. The summed E-state index contributed by atoms with van der Waals surface area (Å²) in [5, 5.41) is 0. The standard InChI is InChI=1S/C22H29N5O3/c1-29-20-5-3-2-4-19(20)26-12-14-27(15-13-26)22(28)17-25-10-6-18(7-11-25)30-21-16-23-8-9-24-21/h2-5,8-9,16,18H,6-7,10-15,17H2,1H3. The first-order valence-corrected chi connectivity index (χ1v) is 10.5. The lowest BCUT2D eigenvalue weighted by Gasteiger charge is -2.38. The molecule has 3 heterocycles. The number of ether oxygens (including phenoxy) is 2. The summed E-state index contributed by atoms with van der Waals surface area (Å²) in [7, 11) is 1.69. The Hall–Kier alpha value is -2.87. The van der Waals surface area contributed by atoms with E-state index < -0.39 is 0 Å². The molecule has 1 aromatic carbocycles. The molecule has 0 bridgehead atoms. The Morgan fingerprint density at radius 3 is 2.53 bits per heavy atom. The summed E-state index contributed by atoms with van der Waals surface area (Å²) in [6.07, 6.45) is 6.84. The van der Waals surface area contributed by atoms with Crippen LogP contribution in [0.2, 0.25) is 0 Å². The summed E-state index contributed by atoms with van der Waals surface area (Å²) in [6.45, 7) is 5.31. The van der Waals surface area contributed by atoms with E-state index in [9.17, 15) is 4.79 Å². The third kappa shape index (κ3) is 4.99. The average Bonchev–Trinajstić information content (AvgIpc) is 2.81. The zero-order valence-electron chi connectivity index (χ0n) is 17.4. The summed E-state index contributed by atoms with van der Waals surface area (Å²) in [6, 6.07) is 8.05. The highest BCUT2D eigenvalue weighted by Crippen LogP contribution is 2.28. The van der Waals surface area contributed by atoms with Gasteiger partial charge in [-0.05, 0) is 25.0 Å². The molecule has 4 rings (SSSR count). The number of benzene rings is 1.